The molecule has 0 bridgehead atoms. The summed E-state index contributed by atoms with van der Waals surface area (Å²) in [5.74, 6) is -0.179. The van der Waals surface area contributed by atoms with Crippen LogP contribution in [0.5, 0.6) is 5.88 Å². The fourth-order valence-electron chi connectivity index (χ4n) is 3.84. The fourth-order valence-corrected chi connectivity index (χ4v) is 7.46. The third-order valence-electron chi connectivity index (χ3n) is 5.80. The van der Waals surface area contributed by atoms with E-state index < -0.39 is 41.5 Å². The molecule has 5 atom stereocenters. The lowest BCUT2D eigenvalue weighted by molar-refractivity contribution is -0.149. The summed E-state index contributed by atoms with van der Waals surface area (Å²) in [6.07, 6.45) is -1.50. The van der Waals surface area contributed by atoms with Crippen LogP contribution in [0.2, 0.25) is 0 Å². The number of nitrogens with one attached hydrogen (secondary N) is 1. The molecule has 0 aliphatic carbocycles. The number of thioether (sulfide) groups is 1. The Morgan fingerprint density at radius 2 is 2.05 bits per heavy atom. The van der Waals surface area contributed by atoms with Crippen molar-refractivity contribution in [2.45, 2.75) is 84.5 Å². The Morgan fingerprint density at radius 1 is 1.35 bits per heavy atom. The van der Waals surface area contributed by atoms with Crippen LogP contribution in [-0.2, 0) is 39.9 Å². The largest absolute Gasteiger partial charge is 0.476 e. The second-order valence-corrected chi connectivity index (χ2v) is 16.0. The van der Waals surface area contributed by atoms with Gasteiger partial charge in [-0.2, -0.15) is 9.97 Å². The highest BCUT2D eigenvalue weighted by Gasteiger charge is 2.50. The van der Waals surface area contributed by atoms with Gasteiger partial charge in [0.2, 0.25) is 17.0 Å². The van der Waals surface area contributed by atoms with E-state index in [2.05, 4.69) is 20.0 Å². The molecule has 18 heteroatoms. The van der Waals surface area contributed by atoms with Crippen LogP contribution in [0, 0.1) is 5.41 Å². The maximum atomic E-state index is 15.7. The van der Waals surface area contributed by atoms with E-state index in [-0.39, 0.29) is 53.8 Å². The van der Waals surface area contributed by atoms with E-state index in [1.807, 2.05) is 20.8 Å². The maximum absolute atomic E-state index is 15.7. The molecule has 1 fully saturated rings. The molecular formula is C25H39ClFN6O7PS2. The van der Waals surface area contributed by atoms with Gasteiger partial charge < -0.3 is 29.0 Å². The van der Waals surface area contributed by atoms with Gasteiger partial charge in [-0.05, 0) is 39.5 Å². The van der Waals surface area contributed by atoms with E-state index >= 15 is 4.39 Å². The van der Waals surface area contributed by atoms with Crippen molar-refractivity contribution in [3.8, 4) is 5.88 Å². The number of alkyl halides is 2. The lowest BCUT2D eigenvalue weighted by atomic mass is 10.00. The van der Waals surface area contributed by atoms with Gasteiger partial charge >= 0.3 is 5.97 Å². The number of nitrogen functional groups attached to an aromatic ring is 1. The number of rotatable bonds is 14. The molecule has 0 saturated carbocycles. The minimum absolute atomic E-state index is 0.00798. The predicted octanol–water partition coefficient (Wildman–Crippen LogP) is 4.49. The van der Waals surface area contributed by atoms with E-state index in [1.165, 1.54) is 10.9 Å². The van der Waals surface area contributed by atoms with E-state index in [4.69, 9.17) is 52.4 Å². The third kappa shape index (κ3) is 9.67. The highest BCUT2D eigenvalue weighted by Crippen LogP contribution is 2.49. The summed E-state index contributed by atoms with van der Waals surface area (Å²) in [6.45, 7) is 9.04. The van der Waals surface area contributed by atoms with Gasteiger partial charge in [-0.1, -0.05) is 44.1 Å². The van der Waals surface area contributed by atoms with Crippen molar-refractivity contribution in [1.29, 1.82) is 0 Å². The van der Waals surface area contributed by atoms with Crippen LogP contribution in [-0.4, -0.2) is 79.6 Å². The van der Waals surface area contributed by atoms with Gasteiger partial charge in [0.05, 0.1) is 38.4 Å². The number of anilines is 1. The Bertz CT molecular complexity index is 1350. The van der Waals surface area contributed by atoms with Crippen molar-refractivity contribution in [3.05, 3.63) is 6.33 Å². The first-order valence-electron chi connectivity index (χ1n) is 13.7. The number of halogens is 2. The first-order chi connectivity index (χ1) is 20.0. The van der Waals surface area contributed by atoms with Crippen LogP contribution in [0.15, 0.2) is 6.33 Å². The van der Waals surface area contributed by atoms with Crippen molar-refractivity contribution in [1.82, 2.24) is 24.6 Å². The SMILES string of the molecule is CCOc1nc(N)nc2c1ncn2[C@@H]1O[C@H](CO[P@](=S)(N[C@H](C)C(=O)OC(C)C)OCCSC(=O)C(C)(C)C)C[C@@]1(F)Cl. The number of esters is 1. The van der Waals surface area contributed by atoms with Crippen LogP contribution in [0.1, 0.15) is 61.1 Å². The van der Waals surface area contributed by atoms with Crippen LogP contribution in [0.25, 0.3) is 11.2 Å². The van der Waals surface area contributed by atoms with Gasteiger partial charge in [-0.3, -0.25) is 14.2 Å². The molecule has 0 radical (unpaired) electrons. The molecule has 242 valence electrons. The molecule has 0 amide bonds. The zero-order valence-electron chi connectivity index (χ0n) is 25.2. The van der Waals surface area contributed by atoms with Crippen molar-refractivity contribution >= 4 is 70.0 Å². The second-order valence-electron chi connectivity index (χ2n) is 11.1. The number of nitrogens with two attached hydrogens (primary N) is 1. The highest BCUT2D eigenvalue weighted by molar-refractivity contribution is 8.13. The van der Waals surface area contributed by atoms with Gasteiger partial charge in [0, 0.05) is 17.6 Å². The van der Waals surface area contributed by atoms with Gasteiger partial charge in [0.15, 0.2) is 22.5 Å². The summed E-state index contributed by atoms with van der Waals surface area (Å²) >= 11 is 13.1. The number of hydrogen-bond donors (Lipinski definition) is 2. The molecule has 2 aromatic rings. The highest BCUT2D eigenvalue weighted by atomic mass is 35.5. The zero-order chi connectivity index (χ0) is 32.2. The number of aromatic nitrogens is 4. The first kappa shape index (κ1) is 35.8. The van der Waals surface area contributed by atoms with Crippen molar-refractivity contribution in [2.75, 3.05) is 31.3 Å². The van der Waals surface area contributed by atoms with Crippen molar-refractivity contribution in [3.63, 3.8) is 0 Å². The smallest absolute Gasteiger partial charge is 0.323 e. The summed E-state index contributed by atoms with van der Waals surface area (Å²) in [5.41, 5.74) is 5.76. The summed E-state index contributed by atoms with van der Waals surface area (Å²) in [7, 11) is 0. The molecule has 0 spiro atoms. The van der Waals surface area contributed by atoms with Crippen LogP contribution in [0.3, 0.4) is 0 Å². The van der Waals surface area contributed by atoms with Crippen LogP contribution < -0.4 is 15.6 Å². The van der Waals surface area contributed by atoms with Crippen molar-refractivity contribution in [2.24, 2.45) is 5.41 Å². The summed E-state index contributed by atoms with van der Waals surface area (Å²) in [4.78, 5) is 37.2. The third-order valence-corrected chi connectivity index (χ3v) is 10.1. The average Bonchev–Trinajstić information content (AvgIpc) is 3.43. The van der Waals surface area contributed by atoms with E-state index in [9.17, 15) is 9.59 Å². The van der Waals surface area contributed by atoms with Crippen LogP contribution >= 0.6 is 30.0 Å². The Labute approximate surface area is 264 Å². The Morgan fingerprint density at radius 3 is 2.67 bits per heavy atom. The molecule has 0 unspecified atom stereocenters. The number of carbonyl (C=O) groups is 2. The Hall–Kier alpha value is -1.65. The quantitative estimate of drug-likeness (QED) is 0.124. The molecular weight excluding hydrogens is 646 g/mol. The molecule has 3 N–H and O–H groups in total. The molecule has 1 aliphatic heterocycles. The number of fused-ring (bicyclic) bond motifs is 1. The number of hydrogen-bond acceptors (Lipinski definition) is 13. The summed E-state index contributed by atoms with van der Waals surface area (Å²) in [6, 6.07) is -0.871. The number of nitrogens with zero attached hydrogens (tertiary/aromatic N) is 4. The lowest BCUT2D eigenvalue weighted by Crippen LogP contribution is -2.36. The second kappa shape index (κ2) is 14.6. The Kier molecular flexibility index (Phi) is 12.2. The topological polar surface area (TPSA) is 162 Å². The summed E-state index contributed by atoms with van der Waals surface area (Å²) in [5, 5.41) is 0.539. The summed E-state index contributed by atoms with van der Waals surface area (Å²) < 4.78 is 45.6. The molecule has 3 rings (SSSR count). The van der Waals surface area contributed by atoms with Crippen molar-refractivity contribution < 1.29 is 37.2 Å². The van der Waals surface area contributed by atoms with Gasteiger partial charge in [0.1, 0.15) is 6.04 Å². The van der Waals surface area contributed by atoms with E-state index in [0.717, 1.165) is 11.8 Å². The Balaban J connectivity index is 1.74. The van der Waals surface area contributed by atoms with E-state index in [1.54, 1.807) is 27.7 Å². The molecule has 1 aliphatic rings. The molecule has 13 nitrogen and oxygen atoms in total. The van der Waals surface area contributed by atoms with Crippen LogP contribution in [0.4, 0.5) is 10.3 Å². The number of ether oxygens (including phenoxy) is 3. The number of imidazole rings is 1. The molecule has 1 saturated heterocycles. The zero-order valence-corrected chi connectivity index (χ0v) is 28.4. The van der Waals surface area contributed by atoms with Gasteiger partial charge in [0.25, 0.3) is 6.64 Å². The fraction of sp³-hybridized carbons (Fsp3) is 0.720. The van der Waals surface area contributed by atoms with Gasteiger partial charge in [-0.25, -0.2) is 14.5 Å². The maximum Gasteiger partial charge on any atom is 0.323 e. The molecule has 2 aromatic heterocycles. The predicted molar refractivity (Wildman–Crippen MR) is 166 cm³/mol. The molecule has 43 heavy (non-hydrogen) atoms. The molecule has 3 heterocycles. The average molecular weight is 685 g/mol. The van der Waals surface area contributed by atoms with E-state index in [0.29, 0.717) is 12.4 Å². The first-order valence-corrected chi connectivity index (χ1v) is 17.7. The number of carbonyl (C=O) groups excluding carboxylic acids is 2. The lowest BCUT2D eigenvalue weighted by Gasteiger charge is -2.27. The van der Waals surface area contributed by atoms with Gasteiger partial charge in [-0.15, -0.1) is 0 Å². The standard InChI is InChI=1S/C25H39ClFN6O7PS2/c1-8-36-19-17-18(30-23(28)31-19)33(13-29-17)21-25(26,27)11-16(40-21)12-38-41(42,32-15(4)20(34)39-14(2)3)37-9-10-43-22(35)24(5,6)7/h13-16,21H,8-12H2,1-7H3,(H,32,42)(H2,28,30,31)/t15-,16+,21-,25+,41+/m1/s1. The minimum Gasteiger partial charge on any atom is -0.476 e. The minimum atomic E-state index is -3.37. The normalized spacial score (nSPS) is 22.9. The molecule has 0 aromatic carbocycles. The monoisotopic (exact) mass is 684 g/mol.